The average molecular weight is 363 g/mol. The third kappa shape index (κ3) is 3.78. The average Bonchev–Trinajstić information content (AvgIpc) is 2.39. The molecule has 0 radical (unpaired) electrons. The lowest BCUT2D eigenvalue weighted by molar-refractivity contribution is -0.136. The number of nitrogens with zero attached hydrogens (tertiary/aromatic N) is 1. The van der Waals surface area contributed by atoms with Crippen LogP contribution >= 0.6 is 15.9 Å². The largest absolute Gasteiger partial charge is 0.418 e. The van der Waals surface area contributed by atoms with Crippen molar-refractivity contribution in [3.05, 3.63) is 58.1 Å². The van der Waals surface area contributed by atoms with Gasteiger partial charge in [-0.25, -0.2) is 4.98 Å². The van der Waals surface area contributed by atoms with Crippen molar-refractivity contribution in [1.82, 2.24) is 4.98 Å². The van der Waals surface area contributed by atoms with Gasteiger partial charge in [-0.3, -0.25) is 4.79 Å². The third-order valence-corrected chi connectivity index (χ3v) is 2.98. The van der Waals surface area contributed by atoms with Crippen LogP contribution < -0.4 is 5.32 Å². The van der Waals surface area contributed by atoms with Crippen molar-refractivity contribution in [3.8, 4) is 0 Å². The van der Waals surface area contributed by atoms with Crippen LogP contribution in [0.25, 0.3) is 0 Å². The second-order valence-electron chi connectivity index (χ2n) is 3.99. The Hall–Kier alpha value is -1.96. The van der Waals surface area contributed by atoms with Crippen molar-refractivity contribution in [2.24, 2.45) is 0 Å². The highest BCUT2D eigenvalue weighted by molar-refractivity contribution is 9.10. The first-order chi connectivity index (χ1) is 9.77. The van der Waals surface area contributed by atoms with E-state index in [1.807, 2.05) is 0 Å². The van der Waals surface area contributed by atoms with Crippen LogP contribution in [-0.4, -0.2) is 10.9 Å². The number of pyridine rings is 1. The van der Waals surface area contributed by atoms with Crippen LogP contribution in [0.4, 0.5) is 23.2 Å². The molecule has 1 heterocycles. The molecule has 0 aliphatic rings. The zero-order chi connectivity index (χ0) is 15.6. The molecule has 0 saturated carbocycles. The molecule has 0 aliphatic heterocycles. The van der Waals surface area contributed by atoms with Gasteiger partial charge in [0.2, 0.25) is 5.95 Å². The lowest BCUT2D eigenvalue weighted by atomic mass is 10.1. The minimum Gasteiger partial charge on any atom is -0.320 e. The van der Waals surface area contributed by atoms with Crippen LogP contribution in [0.5, 0.6) is 0 Å². The fourth-order valence-electron chi connectivity index (χ4n) is 1.58. The second kappa shape index (κ2) is 5.80. The SMILES string of the molecule is O=C(Nc1ccc(Br)cc1C(F)(F)F)c1cccc(F)n1. The normalized spacial score (nSPS) is 11.3. The smallest absolute Gasteiger partial charge is 0.320 e. The van der Waals surface area contributed by atoms with Gasteiger partial charge in [-0.05, 0) is 30.3 Å². The number of nitrogens with one attached hydrogen (secondary N) is 1. The summed E-state index contributed by atoms with van der Waals surface area (Å²) in [4.78, 5) is 15.1. The van der Waals surface area contributed by atoms with Crippen LogP contribution in [0, 0.1) is 5.95 Å². The van der Waals surface area contributed by atoms with Crippen LogP contribution in [0.2, 0.25) is 0 Å². The van der Waals surface area contributed by atoms with E-state index in [-0.39, 0.29) is 10.2 Å². The van der Waals surface area contributed by atoms with E-state index >= 15 is 0 Å². The number of aromatic nitrogens is 1. The van der Waals surface area contributed by atoms with Gasteiger partial charge in [-0.15, -0.1) is 0 Å². The summed E-state index contributed by atoms with van der Waals surface area (Å²) in [6.07, 6.45) is -4.64. The summed E-state index contributed by atoms with van der Waals surface area (Å²) in [6, 6.07) is 6.76. The zero-order valence-electron chi connectivity index (χ0n) is 10.2. The number of hydrogen-bond donors (Lipinski definition) is 1. The molecule has 1 amide bonds. The number of amides is 1. The highest BCUT2D eigenvalue weighted by atomic mass is 79.9. The lowest BCUT2D eigenvalue weighted by Gasteiger charge is -2.14. The Bertz CT molecular complexity index is 688. The van der Waals surface area contributed by atoms with Crippen molar-refractivity contribution < 1.29 is 22.4 Å². The van der Waals surface area contributed by atoms with Gasteiger partial charge in [0.15, 0.2) is 0 Å². The first kappa shape index (κ1) is 15.4. The molecule has 1 N–H and O–H groups in total. The van der Waals surface area contributed by atoms with Crippen LogP contribution in [0.1, 0.15) is 16.1 Å². The molecule has 1 aromatic carbocycles. The van der Waals surface area contributed by atoms with E-state index in [1.165, 1.54) is 18.2 Å². The molecule has 3 nitrogen and oxygen atoms in total. The minimum atomic E-state index is -4.64. The monoisotopic (exact) mass is 362 g/mol. The van der Waals surface area contributed by atoms with Gasteiger partial charge in [0.05, 0.1) is 11.3 Å². The molecule has 0 spiro atoms. The molecule has 0 atom stereocenters. The van der Waals surface area contributed by atoms with E-state index in [0.29, 0.717) is 0 Å². The molecule has 0 saturated heterocycles. The predicted octanol–water partition coefficient (Wildman–Crippen LogP) is 4.25. The number of alkyl halides is 3. The van der Waals surface area contributed by atoms with Crippen molar-refractivity contribution in [1.29, 1.82) is 0 Å². The van der Waals surface area contributed by atoms with Crippen LogP contribution in [0.3, 0.4) is 0 Å². The summed E-state index contributed by atoms with van der Waals surface area (Å²) in [5.41, 5.74) is -1.76. The summed E-state index contributed by atoms with van der Waals surface area (Å²) in [5.74, 6) is -1.82. The van der Waals surface area contributed by atoms with Gasteiger partial charge in [0.1, 0.15) is 5.69 Å². The van der Waals surface area contributed by atoms with Crippen LogP contribution in [0.15, 0.2) is 40.9 Å². The van der Waals surface area contributed by atoms with Crippen molar-refractivity contribution >= 4 is 27.5 Å². The van der Waals surface area contributed by atoms with E-state index in [4.69, 9.17) is 0 Å². The standard InChI is InChI=1S/C13H7BrF4N2O/c14-7-4-5-9(8(6-7)13(16,17)18)20-12(21)10-2-1-3-11(15)19-10/h1-6H,(H,20,21). The molecular formula is C13H7BrF4N2O. The Balaban J connectivity index is 2.34. The number of carbonyl (C=O) groups is 1. The van der Waals surface area contributed by atoms with Crippen molar-refractivity contribution in [2.45, 2.75) is 6.18 Å². The Labute approximate surface area is 125 Å². The molecule has 2 rings (SSSR count). The quantitative estimate of drug-likeness (QED) is 0.640. The van der Waals surface area contributed by atoms with Gasteiger partial charge < -0.3 is 5.32 Å². The first-order valence-electron chi connectivity index (χ1n) is 5.58. The number of anilines is 1. The lowest BCUT2D eigenvalue weighted by Crippen LogP contribution is -2.18. The molecule has 0 aliphatic carbocycles. The highest BCUT2D eigenvalue weighted by Gasteiger charge is 2.34. The summed E-state index contributed by atoms with van der Waals surface area (Å²) < 4.78 is 51.8. The first-order valence-corrected chi connectivity index (χ1v) is 6.37. The molecule has 21 heavy (non-hydrogen) atoms. The third-order valence-electron chi connectivity index (χ3n) is 2.48. The fraction of sp³-hybridized carbons (Fsp3) is 0.0769. The second-order valence-corrected chi connectivity index (χ2v) is 4.90. The Morgan fingerprint density at radius 2 is 1.90 bits per heavy atom. The molecule has 0 fully saturated rings. The van der Waals surface area contributed by atoms with Gasteiger partial charge in [-0.1, -0.05) is 22.0 Å². The summed E-state index contributed by atoms with van der Waals surface area (Å²) in [5, 5.41) is 2.08. The fourth-order valence-corrected chi connectivity index (χ4v) is 1.94. The van der Waals surface area contributed by atoms with Gasteiger partial charge >= 0.3 is 6.18 Å². The number of hydrogen-bond acceptors (Lipinski definition) is 2. The molecular weight excluding hydrogens is 356 g/mol. The number of halogens is 5. The molecule has 2 aromatic rings. The number of carbonyl (C=O) groups excluding carboxylic acids is 1. The maximum atomic E-state index is 12.9. The molecule has 8 heteroatoms. The zero-order valence-corrected chi connectivity index (χ0v) is 11.8. The van der Waals surface area contributed by atoms with Gasteiger partial charge in [0, 0.05) is 4.47 Å². The van der Waals surface area contributed by atoms with Crippen LogP contribution in [-0.2, 0) is 6.18 Å². The molecule has 110 valence electrons. The highest BCUT2D eigenvalue weighted by Crippen LogP contribution is 2.36. The van der Waals surface area contributed by atoms with Gasteiger partial charge in [0.25, 0.3) is 5.91 Å². The maximum Gasteiger partial charge on any atom is 0.418 e. The van der Waals surface area contributed by atoms with Crippen molar-refractivity contribution in [2.75, 3.05) is 5.32 Å². The molecule has 1 aromatic heterocycles. The predicted molar refractivity (Wildman–Crippen MR) is 71.3 cm³/mol. The van der Waals surface area contributed by atoms with E-state index in [0.717, 1.165) is 18.2 Å². The van der Waals surface area contributed by atoms with Crippen molar-refractivity contribution in [3.63, 3.8) is 0 Å². The molecule has 0 bridgehead atoms. The van der Waals surface area contributed by atoms with E-state index in [9.17, 15) is 22.4 Å². The minimum absolute atomic E-state index is 0.219. The summed E-state index contributed by atoms with van der Waals surface area (Å²) in [6.45, 7) is 0. The van der Waals surface area contributed by atoms with E-state index in [1.54, 1.807) is 0 Å². The number of rotatable bonds is 2. The number of benzene rings is 1. The molecule has 0 unspecified atom stereocenters. The summed E-state index contributed by atoms with van der Waals surface area (Å²) >= 11 is 2.93. The van der Waals surface area contributed by atoms with E-state index < -0.39 is 29.3 Å². The maximum absolute atomic E-state index is 12.9. The topological polar surface area (TPSA) is 42.0 Å². The Kier molecular flexibility index (Phi) is 4.26. The van der Waals surface area contributed by atoms with Gasteiger partial charge in [-0.2, -0.15) is 17.6 Å². The summed E-state index contributed by atoms with van der Waals surface area (Å²) in [7, 11) is 0. The van der Waals surface area contributed by atoms with E-state index in [2.05, 4.69) is 26.2 Å². The Morgan fingerprint density at radius 3 is 2.52 bits per heavy atom. The Morgan fingerprint density at radius 1 is 1.19 bits per heavy atom.